The molecule has 8 heteroatoms. The molecule has 0 aliphatic rings. The minimum Gasteiger partial charge on any atom is -0.493 e. The number of carboxylic acid groups (broad SMARTS) is 1. The van der Waals surface area contributed by atoms with Crippen LogP contribution in [0.4, 0.5) is 8.78 Å². The van der Waals surface area contributed by atoms with Crippen molar-refractivity contribution in [1.82, 2.24) is 4.90 Å². The van der Waals surface area contributed by atoms with Gasteiger partial charge in [0.05, 0.1) is 7.11 Å². The Hall–Kier alpha value is -3.16. The molecule has 1 unspecified atom stereocenters. The number of carbonyl (C=O) groups is 2. The zero-order chi connectivity index (χ0) is 20.0. The highest BCUT2D eigenvalue weighted by molar-refractivity contribution is 5.97. The van der Waals surface area contributed by atoms with Crippen LogP contribution in [0.5, 0.6) is 11.5 Å². The molecule has 1 atom stereocenters. The molecule has 1 amide bonds. The van der Waals surface area contributed by atoms with Crippen molar-refractivity contribution in [3.63, 3.8) is 0 Å². The van der Waals surface area contributed by atoms with Gasteiger partial charge in [-0.1, -0.05) is 30.3 Å². The lowest BCUT2D eigenvalue weighted by Crippen LogP contribution is -2.42. The van der Waals surface area contributed by atoms with Gasteiger partial charge in [0.2, 0.25) is 0 Å². The van der Waals surface area contributed by atoms with Gasteiger partial charge in [0, 0.05) is 12.1 Å². The standard InChI is InChI=1S/C19H19F2NO5/c1-12(18(24)25)22(11-13-6-4-3-5-7-13)17(23)14-8-9-15(27-19(20)21)16(10-14)26-2/h3-10,12,19H,11H2,1-2H3,(H,24,25). The van der Waals surface area contributed by atoms with E-state index in [1.807, 2.05) is 6.07 Å². The second-order valence-corrected chi connectivity index (χ2v) is 5.68. The van der Waals surface area contributed by atoms with Crippen LogP contribution in [0.3, 0.4) is 0 Å². The van der Waals surface area contributed by atoms with Gasteiger partial charge >= 0.3 is 12.6 Å². The van der Waals surface area contributed by atoms with E-state index in [1.165, 1.54) is 37.1 Å². The monoisotopic (exact) mass is 379 g/mol. The zero-order valence-electron chi connectivity index (χ0n) is 14.8. The van der Waals surface area contributed by atoms with Crippen LogP contribution < -0.4 is 9.47 Å². The molecule has 6 nitrogen and oxygen atoms in total. The summed E-state index contributed by atoms with van der Waals surface area (Å²) in [5.74, 6) is -2.01. The van der Waals surface area contributed by atoms with E-state index in [0.717, 1.165) is 5.56 Å². The Balaban J connectivity index is 2.35. The Kier molecular flexibility index (Phi) is 6.70. The molecule has 0 aliphatic heterocycles. The summed E-state index contributed by atoms with van der Waals surface area (Å²) < 4.78 is 34.2. The van der Waals surface area contributed by atoms with Crippen LogP contribution in [0.2, 0.25) is 0 Å². The van der Waals surface area contributed by atoms with Crippen molar-refractivity contribution in [3.8, 4) is 11.5 Å². The fourth-order valence-corrected chi connectivity index (χ4v) is 2.46. The number of amides is 1. The van der Waals surface area contributed by atoms with Gasteiger partial charge in [-0.15, -0.1) is 0 Å². The van der Waals surface area contributed by atoms with Gasteiger partial charge in [-0.3, -0.25) is 4.79 Å². The molecule has 144 valence electrons. The van der Waals surface area contributed by atoms with E-state index in [-0.39, 0.29) is 23.6 Å². The summed E-state index contributed by atoms with van der Waals surface area (Å²) in [6, 6.07) is 11.5. The van der Waals surface area contributed by atoms with Crippen molar-refractivity contribution in [2.75, 3.05) is 7.11 Å². The highest BCUT2D eigenvalue weighted by Crippen LogP contribution is 2.30. The Morgan fingerprint density at radius 1 is 1.11 bits per heavy atom. The Morgan fingerprint density at radius 3 is 2.33 bits per heavy atom. The molecule has 0 aromatic heterocycles. The van der Waals surface area contributed by atoms with E-state index >= 15 is 0 Å². The summed E-state index contributed by atoms with van der Waals surface area (Å²) in [5, 5.41) is 9.35. The molecule has 2 aromatic carbocycles. The third-order valence-corrected chi connectivity index (χ3v) is 3.91. The molecule has 2 aromatic rings. The van der Waals surface area contributed by atoms with Crippen LogP contribution in [0.15, 0.2) is 48.5 Å². The normalized spacial score (nSPS) is 11.7. The minimum atomic E-state index is -3.04. The number of hydrogen-bond donors (Lipinski definition) is 1. The summed E-state index contributed by atoms with van der Waals surface area (Å²) in [5.41, 5.74) is 0.848. The Labute approximate surface area is 154 Å². The van der Waals surface area contributed by atoms with E-state index in [9.17, 15) is 23.5 Å². The van der Waals surface area contributed by atoms with Crippen LogP contribution in [0.1, 0.15) is 22.8 Å². The summed E-state index contributed by atoms with van der Waals surface area (Å²) in [7, 11) is 1.25. The average Bonchev–Trinajstić information content (AvgIpc) is 2.65. The number of halogens is 2. The predicted molar refractivity (Wildman–Crippen MR) is 93.0 cm³/mol. The molecule has 27 heavy (non-hydrogen) atoms. The molecular formula is C19H19F2NO5. The zero-order valence-corrected chi connectivity index (χ0v) is 14.8. The molecule has 0 saturated heterocycles. The lowest BCUT2D eigenvalue weighted by Gasteiger charge is -2.27. The van der Waals surface area contributed by atoms with Crippen LogP contribution in [0.25, 0.3) is 0 Å². The molecule has 0 fully saturated rings. The molecule has 0 saturated carbocycles. The largest absolute Gasteiger partial charge is 0.493 e. The second-order valence-electron chi connectivity index (χ2n) is 5.68. The number of carbonyl (C=O) groups excluding carboxylic acids is 1. The first-order valence-electron chi connectivity index (χ1n) is 8.04. The van der Waals surface area contributed by atoms with Crippen LogP contribution in [-0.2, 0) is 11.3 Å². The fourth-order valence-electron chi connectivity index (χ4n) is 2.46. The summed E-state index contributed by atoms with van der Waals surface area (Å²) in [6.45, 7) is -1.57. The Morgan fingerprint density at radius 2 is 1.78 bits per heavy atom. The number of carboxylic acids is 1. The van der Waals surface area contributed by atoms with Gasteiger partial charge in [-0.05, 0) is 30.7 Å². The average molecular weight is 379 g/mol. The SMILES string of the molecule is COc1cc(C(=O)N(Cc2ccccc2)C(C)C(=O)O)ccc1OC(F)F. The number of hydrogen-bond acceptors (Lipinski definition) is 4. The van der Waals surface area contributed by atoms with Gasteiger partial charge < -0.3 is 19.5 Å². The highest BCUT2D eigenvalue weighted by atomic mass is 19.3. The molecule has 0 spiro atoms. The third-order valence-electron chi connectivity index (χ3n) is 3.91. The number of nitrogens with zero attached hydrogens (tertiary/aromatic N) is 1. The molecule has 0 radical (unpaired) electrons. The summed E-state index contributed by atoms with van der Waals surface area (Å²) in [6.07, 6.45) is 0. The van der Waals surface area contributed by atoms with Gasteiger partial charge in [0.25, 0.3) is 5.91 Å². The summed E-state index contributed by atoms with van der Waals surface area (Å²) in [4.78, 5) is 25.5. The topological polar surface area (TPSA) is 76.1 Å². The maximum absolute atomic E-state index is 12.9. The second kappa shape index (κ2) is 8.98. The minimum absolute atomic E-state index is 0.0520. The number of benzene rings is 2. The van der Waals surface area contributed by atoms with Crippen LogP contribution in [0, 0.1) is 0 Å². The van der Waals surface area contributed by atoms with Crippen molar-refractivity contribution in [2.24, 2.45) is 0 Å². The van der Waals surface area contributed by atoms with E-state index in [1.54, 1.807) is 24.3 Å². The molecule has 1 N–H and O–H groups in total. The molecule has 0 aliphatic carbocycles. The lowest BCUT2D eigenvalue weighted by molar-refractivity contribution is -0.141. The van der Waals surface area contributed by atoms with Crippen molar-refractivity contribution >= 4 is 11.9 Å². The first-order valence-corrected chi connectivity index (χ1v) is 8.04. The van der Waals surface area contributed by atoms with E-state index in [4.69, 9.17) is 4.74 Å². The maximum atomic E-state index is 12.9. The highest BCUT2D eigenvalue weighted by Gasteiger charge is 2.27. The van der Waals surface area contributed by atoms with Crippen molar-refractivity contribution in [2.45, 2.75) is 26.1 Å². The lowest BCUT2D eigenvalue weighted by atomic mass is 10.1. The van der Waals surface area contributed by atoms with Crippen LogP contribution in [-0.4, -0.2) is 41.6 Å². The predicted octanol–water partition coefficient (Wildman–Crippen LogP) is 3.41. The van der Waals surface area contributed by atoms with Crippen molar-refractivity contribution in [3.05, 3.63) is 59.7 Å². The first-order chi connectivity index (χ1) is 12.8. The number of ether oxygens (including phenoxy) is 2. The molecule has 0 bridgehead atoms. The number of alkyl halides is 2. The van der Waals surface area contributed by atoms with Crippen molar-refractivity contribution < 1.29 is 33.0 Å². The fraction of sp³-hybridized carbons (Fsp3) is 0.263. The molecule has 2 rings (SSSR count). The van der Waals surface area contributed by atoms with Crippen LogP contribution >= 0.6 is 0 Å². The van der Waals surface area contributed by atoms with Gasteiger partial charge in [-0.25, -0.2) is 4.79 Å². The van der Waals surface area contributed by atoms with E-state index < -0.39 is 24.5 Å². The maximum Gasteiger partial charge on any atom is 0.387 e. The summed E-state index contributed by atoms with van der Waals surface area (Å²) >= 11 is 0. The van der Waals surface area contributed by atoms with E-state index in [0.29, 0.717) is 0 Å². The van der Waals surface area contributed by atoms with Gasteiger partial charge in [0.1, 0.15) is 6.04 Å². The quantitative estimate of drug-likeness (QED) is 0.761. The third kappa shape index (κ3) is 5.16. The number of rotatable bonds is 8. The van der Waals surface area contributed by atoms with Gasteiger partial charge in [-0.2, -0.15) is 8.78 Å². The smallest absolute Gasteiger partial charge is 0.387 e. The first kappa shape index (κ1) is 20.2. The molecular weight excluding hydrogens is 360 g/mol. The molecule has 0 heterocycles. The Bertz CT molecular complexity index is 798. The van der Waals surface area contributed by atoms with E-state index in [2.05, 4.69) is 4.74 Å². The van der Waals surface area contributed by atoms with Gasteiger partial charge in [0.15, 0.2) is 11.5 Å². The number of methoxy groups -OCH3 is 1. The van der Waals surface area contributed by atoms with Crippen molar-refractivity contribution in [1.29, 1.82) is 0 Å². The number of aliphatic carboxylic acids is 1.